The summed E-state index contributed by atoms with van der Waals surface area (Å²) >= 11 is 0. The summed E-state index contributed by atoms with van der Waals surface area (Å²) in [5.41, 5.74) is 1.28. The Morgan fingerprint density at radius 1 is 0.964 bits per heavy atom. The molecule has 162 valence electrons. The van der Waals surface area contributed by atoms with Crippen LogP contribution in [0.2, 0.25) is 0 Å². The second-order valence-corrected chi connectivity index (χ2v) is 7.45. The molecule has 0 saturated carbocycles. The zero-order chi connectivity index (χ0) is 21.4. The van der Waals surface area contributed by atoms with Gasteiger partial charge in [-0.1, -0.05) is 70.2 Å². The van der Waals surface area contributed by atoms with Crippen LogP contribution in [0.4, 0.5) is 0 Å². The van der Waals surface area contributed by atoms with Gasteiger partial charge in [0.15, 0.2) is 0 Å². The van der Waals surface area contributed by atoms with E-state index < -0.39 is 5.54 Å². The van der Waals surface area contributed by atoms with Gasteiger partial charge in [-0.2, -0.15) is 0 Å². The van der Waals surface area contributed by atoms with Gasteiger partial charge in [0.25, 0.3) is 0 Å². The molecule has 1 aromatic rings. The predicted octanol–water partition coefficient (Wildman–Crippen LogP) is 3.55. The van der Waals surface area contributed by atoms with E-state index in [4.69, 9.17) is 5.11 Å². The number of carbonyl (C=O) groups excluding carboxylic acids is 1. The maximum absolute atomic E-state index is 11.4. The maximum atomic E-state index is 11.4. The predicted molar refractivity (Wildman–Crippen MR) is 115 cm³/mol. The number of benzene rings is 1. The van der Waals surface area contributed by atoms with Crippen LogP contribution in [-0.2, 0) is 11.2 Å². The lowest BCUT2D eigenvalue weighted by Crippen LogP contribution is -2.57. The Bertz CT molecular complexity index is 512. The van der Waals surface area contributed by atoms with Crippen LogP contribution in [-0.4, -0.2) is 46.6 Å². The van der Waals surface area contributed by atoms with Crippen LogP contribution in [0.15, 0.2) is 24.3 Å². The van der Waals surface area contributed by atoms with E-state index in [9.17, 15) is 15.0 Å². The number of amides is 1. The fourth-order valence-corrected chi connectivity index (χ4v) is 3.26. The number of unbranched alkanes of at least 4 members (excludes halogenated alkanes) is 5. The van der Waals surface area contributed by atoms with Crippen molar-refractivity contribution in [1.82, 2.24) is 5.32 Å². The van der Waals surface area contributed by atoms with Crippen molar-refractivity contribution in [3.05, 3.63) is 35.4 Å². The molecule has 4 N–H and O–H groups in total. The number of hydrogen-bond donors (Lipinski definition) is 4. The topological polar surface area (TPSA) is 89.8 Å². The first kappa shape index (κ1) is 26.6. The van der Waals surface area contributed by atoms with Crippen molar-refractivity contribution in [3.8, 4) is 0 Å². The molecule has 1 rings (SSSR count). The normalized spacial score (nSPS) is 12.1. The van der Waals surface area contributed by atoms with Crippen LogP contribution in [0.25, 0.3) is 0 Å². The molecule has 1 aromatic carbocycles. The molecule has 0 aliphatic heterocycles. The number of aliphatic hydroxyl groups excluding tert-OH is 3. The van der Waals surface area contributed by atoms with Gasteiger partial charge in [0.1, 0.15) is 0 Å². The van der Waals surface area contributed by atoms with E-state index in [1.54, 1.807) is 6.92 Å². The number of hydrogen-bond acceptors (Lipinski definition) is 4. The average molecular weight is 396 g/mol. The van der Waals surface area contributed by atoms with Crippen LogP contribution in [0.3, 0.4) is 0 Å². The fraction of sp³-hybridized carbons (Fsp3) is 0.696. The third-order valence-corrected chi connectivity index (χ3v) is 5.12. The van der Waals surface area contributed by atoms with Crippen molar-refractivity contribution < 1.29 is 20.1 Å². The smallest absolute Gasteiger partial charge is 0.217 e. The first-order valence-corrected chi connectivity index (χ1v) is 10.6. The summed E-state index contributed by atoms with van der Waals surface area (Å²) in [4.78, 5) is 11.4. The Hall–Kier alpha value is -1.43. The first-order chi connectivity index (χ1) is 13.4. The van der Waals surface area contributed by atoms with Gasteiger partial charge in [-0.3, -0.25) is 4.79 Å². The van der Waals surface area contributed by atoms with Crippen molar-refractivity contribution in [2.45, 2.75) is 84.1 Å². The van der Waals surface area contributed by atoms with Gasteiger partial charge in [0, 0.05) is 19.4 Å². The van der Waals surface area contributed by atoms with Gasteiger partial charge in [0.05, 0.1) is 18.8 Å². The SMILES string of the molecule is CCCCCCCCc1ccc(C(C)C(CO)(CO)NC(C)=O)cc1.CCO. The second-order valence-electron chi connectivity index (χ2n) is 7.45. The van der Waals surface area contributed by atoms with E-state index in [0.29, 0.717) is 0 Å². The van der Waals surface area contributed by atoms with Gasteiger partial charge in [0.2, 0.25) is 5.91 Å². The van der Waals surface area contributed by atoms with Crippen molar-refractivity contribution in [2.75, 3.05) is 19.8 Å². The van der Waals surface area contributed by atoms with Crippen LogP contribution in [0.1, 0.15) is 83.3 Å². The summed E-state index contributed by atoms with van der Waals surface area (Å²) < 4.78 is 0. The van der Waals surface area contributed by atoms with Gasteiger partial charge < -0.3 is 20.6 Å². The van der Waals surface area contributed by atoms with Crippen LogP contribution in [0, 0.1) is 0 Å². The van der Waals surface area contributed by atoms with Gasteiger partial charge >= 0.3 is 0 Å². The molecule has 5 nitrogen and oxygen atoms in total. The number of nitrogens with one attached hydrogen (secondary N) is 1. The lowest BCUT2D eigenvalue weighted by Gasteiger charge is -2.37. The molecule has 0 heterocycles. The Balaban J connectivity index is 0.00000227. The Morgan fingerprint density at radius 3 is 1.93 bits per heavy atom. The Labute approximate surface area is 171 Å². The number of carbonyl (C=O) groups is 1. The summed E-state index contributed by atoms with van der Waals surface area (Å²) in [6.07, 6.45) is 8.83. The monoisotopic (exact) mass is 395 g/mol. The van der Waals surface area contributed by atoms with E-state index in [1.807, 2.05) is 19.1 Å². The standard InChI is InChI=1S/C21H35NO3.C2H6O/c1-4-5-6-7-8-9-10-19-11-13-20(14-12-19)17(2)21(15-23,16-24)22-18(3)25;1-2-3/h11-14,17,23-24H,4-10,15-16H2,1-3H3,(H,22,25);3H,2H2,1H3. The number of rotatable bonds is 12. The minimum Gasteiger partial charge on any atom is -0.397 e. The van der Waals surface area contributed by atoms with Gasteiger partial charge in [-0.05, 0) is 30.9 Å². The summed E-state index contributed by atoms with van der Waals surface area (Å²) in [7, 11) is 0. The molecule has 0 radical (unpaired) electrons. The highest BCUT2D eigenvalue weighted by Gasteiger charge is 2.36. The van der Waals surface area contributed by atoms with E-state index in [0.717, 1.165) is 12.0 Å². The fourth-order valence-electron chi connectivity index (χ4n) is 3.26. The summed E-state index contributed by atoms with van der Waals surface area (Å²) in [5, 5.41) is 29.8. The van der Waals surface area contributed by atoms with Crippen molar-refractivity contribution in [3.63, 3.8) is 0 Å². The third kappa shape index (κ3) is 9.67. The zero-order valence-corrected chi connectivity index (χ0v) is 18.2. The minimum absolute atomic E-state index is 0.186. The maximum Gasteiger partial charge on any atom is 0.217 e. The highest BCUT2D eigenvalue weighted by atomic mass is 16.3. The average Bonchev–Trinajstić information content (AvgIpc) is 2.69. The van der Waals surface area contributed by atoms with E-state index in [1.165, 1.54) is 51.0 Å². The lowest BCUT2D eigenvalue weighted by atomic mass is 9.81. The molecule has 0 bridgehead atoms. The molecule has 1 unspecified atom stereocenters. The molecule has 1 atom stereocenters. The zero-order valence-electron chi connectivity index (χ0n) is 18.2. The van der Waals surface area contributed by atoms with Gasteiger partial charge in [-0.15, -0.1) is 0 Å². The summed E-state index contributed by atoms with van der Waals surface area (Å²) in [5.74, 6) is -0.441. The van der Waals surface area contributed by atoms with E-state index in [-0.39, 0.29) is 31.6 Å². The molecule has 0 aliphatic carbocycles. The quantitative estimate of drug-likeness (QED) is 0.408. The molecule has 0 spiro atoms. The molecule has 0 saturated heterocycles. The molecule has 1 amide bonds. The van der Waals surface area contributed by atoms with Crippen LogP contribution < -0.4 is 5.32 Å². The van der Waals surface area contributed by atoms with Crippen molar-refractivity contribution in [2.24, 2.45) is 0 Å². The van der Waals surface area contributed by atoms with E-state index in [2.05, 4.69) is 24.4 Å². The largest absolute Gasteiger partial charge is 0.397 e. The first-order valence-electron chi connectivity index (χ1n) is 10.6. The second kappa shape index (κ2) is 15.5. The number of aryl methyl sites for hydroxylation is 1. The summed E-state index contributed by atoms with van der Waals surface area (Å²) in [6, 6.07) is 8.31. The highest BCUT2D eigenvalue weighted by Crippen LogP contribution is 2.28. The van der Waals surface area contributed by atoms with Crippen molar-refractivity contribution >= 4 is 5.91 Å². The highest BCUT2D eigenvalue weighted by molar-refractivity contribution is 5.74. The van der Waals surface area contributed by atoms with Gasteiger partial charge in [-0.25, -0.2) is 0 Å². The third-order valence-electron chi connectivity index (χ3n) is 5.12. The van der Waals surface area contributed by atoms with Crippen LogP contribution >= 0.6 is 0 Å². The number of aliphatic hydroxyl groups is 3. The molecule has 0 fully saturated rings. The molecule has 0 aliphatic rings. The minimum atomic E-state index is -1.04. The molecule has 5 heteroatoms. The molecule has 28 heavy (non-hydrogen) atoms. The van der Waals surface area contributed by atoms with Crippen LogP contribution in [0.5, 0.6) is 0 Å². The molecular weight excluding hydrogens is 354 g/mol. The molecule has 0 aromatic heterocycles. The van der Waals surface area contributed by atoms with E-state index >= 15 is 0 Å². The lowest BCUT2D eigenvalue weighted by molar-refractivity contribution is -0.122. The van der Waals surface area contributed by atoms with Crippen molar-refractivity contribution in [1.29, 1.82) is 0 Å². The Kier molecular flexibility index (Phi) is 14.7. The molecular formula is C23H41NO4. The Morgan fingerprint density at radius 2 is 1.46 bits per heavy atom. The summed E-state index contributed by atoms with van der Waals surface area (Å²) in [6.45, 7) is 6.88.